The predicted molar refractivity (Wildman–Crippen MR) is 100 cm³/mol. The summed E-state index contributed by atoms with van der Waals surface area (Å²) in [4.78, 5) is 11.5. The van der Waals surface area contributed by atoms with Crippen LogP contribution in [-0.2, 0) is 0 Å². The molecule has 2 unspecified atom stereocenters. The van der Waals surface area contributed by atoms with Gasteiger partial charge in [0.15, 0.2) is 29.1 Å². The number of aliphatic hydroxyl groups is 2. The van der Waals surface area contributed by atoms with E-state index in [1.807, 2.05) is 0 Å². The highest BCUT2D eigenvalue weighted by Crippen LogP contribution is 2.35. The summed E-state index contributed by atoms with van der Waals surface area (Å²) >= 11 is 0. The molecule has 0 aliphatic rings. The molecule has 0 saturated carbocycles. The van der Waals surface area contributed by atoms with Gasteiger partial charge in [0.2, 0.25) is 0 Å². The van der Waals surface area contributed by atoms with E-state index in [-0.39, 0.29) is 22.8 Å². The maximum Gasteiger partial charge on any atom is 0.336 e. The number of hydrogen-bond donors (Lipinski definition) is 3. The molecule has 8 heteroatoms. The SMILES string of the molecule is COc1cc(C(O)C(CO)Oc2cc3oc(=O)ccc3cc2OC)ccc1O. The van der Waals surface area contributed by atoms with Crippen LogP contribution in [0.3, 0.4) is 0 Å². The Balaban J connectivity index is 1.94. The molecule has 2 aromatic carbocycles. The lowest BCUT2D eigenvalue weighted by molar-refractivity contribution is -0.000479. The second kappa shape index (κ2) is 8.20. The van der Waals surface area contributed by atoms with E-state index in [0.29, 0.717) is 16.7 Å². The Morgan fingerprint density at radius 2 is 1.75 bits per heavy atom. The Hall–Kier alpha value is -3.23. The highest BCUT2D eigenvalue weighted by Gasteiger charge is 2.25. The van der Waals surface area contributed by atoms with Crippen LogP contribution in [0.25, 0.3) is 11.0 Å². The topological polar surface area (TPSA) is 119 Å². The van der Waals surface area contributed by atoms with Gasteiger partial charge in [0.05, 0.1) is 20.8 Å². The summed E-state index contributed by atoms with van der Waals surface area (Å²) in [5, 5.41) is 30.7. The number of aromatic hydroxyl groups is 1. The van der Waals surface area contributed by atoms with Crippen LogP contribution in [0.2, 0.25) is 0 Å². The fourth-order valence-electron chi connectivity index (χ4n) is 2.78. The van der Waals surface area contributed by atoms with Gasteiger partial charge in [-0.05, 0) is 29.8 Å². The molecule has 3 N–H and O–H groups in total. The molecule has 0 amide bonds. The van der Waals surface area contributed by atoms with Crippen molar-refractivity contribution in [1.29, 1.82) is 0 Å². The first-order valence-corrected chi connectivity index (χ1v) is 8.41. The van der Waals surface area contributed by atoms with E-state index >= 15 is 0 Å². The molecule has 0 spiro atoms. The summed E-state index contributed by atoms with van der Waals surface area (Å²) in [6.07, 6.45) is -2.29. The average molecular weight is 388 g/mol. The minimum Gasteiger partial charge on any atom is -0.504 e. The van der Waals surface area contributed by atoms with Crippen molar-refractivity contribution in [3.05, 3.63) is 58.4 Å². The highest BCUT2D eigenvalue weighted by molar-refractivity contribution is 5.80. The van der Waals surface area contributed by atoms with E-state index in [2.05, 4.69) is 0 Å². The van der Waals surface area contributed by atoms with E-state index in [4.69, 9.17) is 18.6 Å². The summed E-state index contributed by atoms with van der Waals surface area (Å²) in [7, 11) is 2.83. The Morgan fingerprint density at radius 1 is 1.00 bits per heavy atom. The first-order valence-electron chi connectivity index (χ1n) is 8.41. The van der Waals surface area contributed by atoms with E-state index < -0.39 is 24.4 Å². The van der Waals surface area contributed by atoms with Gasteiger partial charge in [0, 0.05) is 17.5 Å². The van der Waals surface area contributed by atoms with Crippen LogP contribution in [0.1, 0.15) is 11.7 Å². The van der Waals surface area contributed by atoms with E-state index in [9.17, 15) is 20.1 Å². The lowest BCUT2D eigenvalue weighted by Crippen LogP contribution is -2.29. The number of phenols is 1. The second-order valence-electron chi connectivity index (χ2n) is 6.01. The van der Waals surface area contributed by atoms with Crippen molar-refractivity contribution in [2.45, 2.75) is 12.2 Å². The van der Waals surface area contributed by atoms with Gasteiger partial charge in [-0.2, -0.15) is 0 Å². The molecular weight excluding hydrogens is 368 g/mol. The van der Waals surface area contributed by atoms with Gasteiger partial charge in [0.1, 0.15) is 11.7 Å². The predicted octanol–water partition coefficient (Wildman–Crippen LogP) is 1.99. The molecule has 1 heterocycles. The zero-order valence-electron chi connectivity index (χ0n) is 15.3. The van der Waals surface area contributed by atoms with Gasteiger partial charge in [0.25, 0.3) is 0 Å². The van der Waals surface area contributed by atoms with Crippen LogP contribution in [0, 0.1) is 0 Å². The molecule has 148 valence electrons. The maximum absolute atomic E-state index is 11.5. The third-order valence-corrected chi connectivity index (χ3v) is 4.26. The minimum absolute atomic E-state index is 0.0776. The molecule has 1 aromatic heterocycles. The van der Waals surface area contributed by atoms with Crippen molar-refractivity contribution >= 4 is 11.0 Å². The minimum atomic E-state index is -1.23. The smallest absolute Gasteiger partial charge is 0.336 e. The van der Waals surface area contributed by atoms with Crippen molar-refractivity contribution in [2.24, 2.45) is 0 Å². The fourth-order valence-corrected chi connectivity index (χ4v) is 2.78. The first kappa shape index (κ1) is 19.5. The Kier molecular flexibility index (Phi) is 5.72. The molecule has 0 bridgehead atoms. The normalized spacial score (nSPS) is 13.1. The second-order valence-corrected chi connectivity index (χ2v) is 6.01. The first-order chi connectivity index (χ1) is 13.5. The summed E-state index contributed by atoms with van der Waals surface area (Å²) in [5.41, 5.74) is 0.138. The fraction of sp³-hybridized carbons (Fsp3) is 0.250. The van der Waals surface area contributed by atoms with Gasteiger partial charge < -0.3 is 33.9 Å². The zero-order chi connectivity index (χ0) is 20.3. The lowest BCUT2D eigenvalue weighted by Gasteiger charge is -2.24. The van der Waals surface area contributed by atoms with Crippen molar-refractivity contribution in [1.82, 2.24) is 0 Å². The maximum atomic E-state index is 11.5. The molecule has 0 fully saturated rings. The Bertz CT molecular complexity index is 1030. The van der Waals surface area contributed by atoms with E-state index in [1.54, 1.807) is 12.1 Å². The molecule has 8 nitrogen and oxygen atoms in total. The molecule has 0 radical (unpaired) electrons. The van der Waals surface area contributed by atoms with Crippen molar-refractivity contribution in [2.75, 3.05) is 20.8 Å². The number of methoxy groups -OCH3 is 2. The number of aliphatic hydroxyl groups excluding tert-OH is 2. The standard InChI is InChI=1S/C20H20O8/c1-25-15-8-12(3-5-13(15)22)20(24)18(10-21)27-17-9-14-11(7-16(17)26-2)4-6-19(23)28-14/h3-9,18,20-22,24H,10H2,1-2H3. The number of hydrogen-bond acceptors (Lipinski definition) is 8. The molecule has 3 rings (SSSR count). The van der Waals surface area contributed by atoms with Crippen LogP contribution in [0.15, 0.2) is 51.7 Å². The molecular formula is C20H20O8. The molecule has 0 aliphatic heterocycles. The van der Waals surface area contributed by atoms with Crippen LogP contribution in [0.4, 0.5) is 0 Å². The number of phenolic OH excluding ortho intramolecular Hbond substituents is 1. The number of ether oxygens (including phenoxy) is 3. The largest absolute Gasteiger partial charge is 0.504 e. The number of rotatable bonds is 7. The van der Waals surface area contributed by atoms with Crippen molar-refractivity contribution in [3.8, 4) is 23.0 Å². The zero-order valence-corrected chi connectivity index (χ0v) is 15.3. The molecule has 2 atom stereocenters. The Labute approximate surface area is 160 Å². The molecule has 28 heavy (non-hydrogen) atoms. The van der Waals surface area contributed by atoms with Gasteiger partial charge in [-0.25, -0.2) is 4.79 Å². The van der Waals surface area contributed by atoms with Crippen LogP contribution in [0.5, 0.6) is 23.0 Å². The van der Waals surface area contributed by atoms with Gasteiger partial charge in [-0.15, -0.1) is 0 Å². The third-order valence-electron chi connectivity index (χ3n) is 4.26. The third kappa shape index (κ3) is 3.88. The van der Waals surface area contributed by atoms with Crippen molar-refractivity contribution < 1.29 is 33.9 Å². The Morgan fingerprint density at radius 3 is 2.43 bits per heavy atom. The van der Waals surface area contributed by atoms with E-state index in [0.717, 1.165) is 0 Å². The molecule has 0 saturated heterocycles. The number of benzene rings is 2. The van der Waals surface area contributed by atoms with Crippen LogP contribution >= 0.6 is 0 Å². The highest BCUT2D eigenvalue weighted by atomic mass is 16.5. The van der Waals surface area contributed by atoms with E-state index in [1.165, 1.54) is 44.6 Å². The summed E-state index contributed by atoms with van der Waals surface area (Å²) in [6, 6.07) is 10.3. The van der Waals surface area contributed by atoms with Gasteiger partial charge in [-0.1, -0.05) is 6.07 Å². The monoisotopic (exact) mass is 388 g/mol. The van der Waals surface area contributed by atoms with Gasteiger partial charge >= 0.3 is 5.63 Å². The quantitative estimate of drug-likeness (QED) is 0.526. The van der Waals surface area contributed by atoms with Crippen LogP contribution < -0.4 is 19.8 Å². The van der Waals surface area contributed by atoms with Gasteiger partial charge in [-0.3, -0.25) is 0 Å². The van der Waals surface area contributed by atoms with Crippen LogP contribution in [-0.4, -0.2) is 42.3 Å². The molecule has 3 aromatic rings. The van der Waals surface area contributed by atoms with Crippen molar-refractivity contribution in [3.63, 3.8) is 0 Å². The summed E-state index contributed by atoms with van der Waals surface area (Å²) in [5.74, 6) is 0.632. The average Bonchev–Trinajstić information content (AvgIpc) is 2.71. The number of fused-ring (bicyclic) bond motifs is 1. The molecule has 0 aliphatic carbocycles. The summed E-state index contributed by atoms with van der Waals surface area (Å²) in [6.45, 7) is -0.510. The lowest BCUT2D eigenvalue weighted by atomic mass is 10.0. The summed E-state index contributed by atoms with van der Waals surface area (Å²) < 4.78 is 21.3.